The van der Waals surface area contributed by atoms with E-state index in [1.54, 1.807) is 6.33 Å². The molecule has 3 rings (SSSR count). The van der Waals surface area contributed by atoms with Gasteiger partial charge in [-0.25, -0.2) is 9.78 Å². The summed E-state index contributed by atoms with van der Waals surface area (Å²) in [6.45, 7) is 2.46. The van der Waals surface area contributed by atoms with Crippen molar-refractivity contribution in [2.45, 2.75) is 13.1 Å². The lowest BCUT2D eigenvalue weighted by Gasteiger charge is -2.16. The average molecular weight is 371 g/mol. The Morgan fingerprint density at radius 3 is 2.69 bits per heavy atom. The molecular formula is C19H19ClN4O2. The Kier molecular flexibility index (Phi) is 5.65. The Morgan fingerprint density at radius 1 is 1.19 bits per heavy atom. The maximum absolute atomic E-state index is 11.1. The summed E-state index contributed by atoms with van der Waals surface area (Å²) in [5, 5.41) is 9.82. The summed E-state index contributed by atoms with van der Waals surface area (Å²) in [4.78, 5) is 21.8. The Hall–Kier alpha value is -2.70. The van der Waals surface area contributed by atoms with E-state index >= 15 is 0 Å². The van der Waals surface area contributed by atoms with Crippen LogP contribution in [0, 0.1) is 0 Å². The van der Waals surface area contributed by atoms with Gasteiger partial charge in [-0.3, -0.25) is 4.98 Å². The van der Waals surface area contributed by atoms with Crippen molar-refractivity contribution < 1.29 is 9.90 Å². The zero-order valence-electron chi connectivity index (χ0n) is 14.3. The van der Waals surface area contributed by atoms with Crippen molar-refractivity contribution in [2.75, 3.05) is 13.6 Å². The van der Waals surface area contributed by atoms with Crippen LogP contribution in [-0.4, -0.2) is 44.1 Å². The van der Waals surface area contributed by atoms with E-state index in [0.717, 1.165) is 24.7 Å². The molecule has 26 heavy (non-hydrogen) atoms. The van der Waals surface area contributed by atoms with Gasteiger partial charge >= 0.3 is 5.97 Å². The number of imidazole rings is 1. The summed E-state index contributed by atoms with van der Waals surface area (Å²) in [6, 6.07) is 10.8. The van der Waals surface area contributed by atoms with Gasteiger partial charge in [0.2, 0.25) is 0 Å². The standard InChI is InChI=1S/C19H19ClN4O2/c1-23(11-14-2-4-16(20)5-3-14)8-9-24-12-18(22-13-24)17-10-15(19(25)26)6-7-21-17/h2-7,10,12-13H,8-9,11H2,1H3,(H,25,26). The van der Waals surface area contributed by atoms with Gasteiger partial charge in [0.25, 0.3) is 0 Å². The van der Waals surface area contributed by atoms with Gasteiger partial charge in [-0.05, 0) is 36.9 Å². The van der Waals surface area contributed by atoms with Crippen molar-refractivity contribution in [3.63, 3.8) is 0 Å². The van der Waals surface area contributed by atoms with E-state index in [9.17, 15) is 4.79 Å². The number of rotatable bonds is 7. The van der Waals surface area contributed by atoms with Crippen LogP contribution in [0.25, 0.3) is 11.4 Å². The maximum Gasteiger partial charge on any atom is 0.335 e. The van der Waals surface area contributed by atoms with Gasteiger partial charge in [0.1, 0.15) is 5.69 Å². The Bertz CT molecular complexity index is 893. The predicted molar refractivity (Wildman–Crippen MR) is 100 cm³/mol. The van der Waals surface area contributed by atoms with Crippen LogP contribution in [0.1, 0.15) is 15.9 Å². The first-order valence-electron chi connectivity index (χ1n) is 8.16. The number of likely N-dealkylation sites (N-methyl/N-ethyl adjacent to an activating group) is 1. The van der Waals surface area contributed by atoms with E-state index in [2.05, 4.69) is 21.9 Å². The van der Waals surface area contributed by atoms with E-state index in [1.807, 2.05) is 35.0 Å². The van der Waals surface area contributed by atoms with Crippen molar-refractivity contribution in [1.82, 2.24) is 19.4 Å². The van der Waals surface area contributed by atoms with E-state index in [0.29, 0.717) is 11.4 Å². The highest BCUT2D eigenvalue weighted by atomic mass is 35.5. The molecule has 0 fully saturated rings. The third kappa shape index (κ3) is 4.68. The van der Waals surface area contributed by atoms with Crippen LogP contribution in [0.5, 0.6) is 0 Å². The van der Waals surface area contributed by atoms with Crippen LogP contribution in [0.4, 0.5) is 0 Å². The smallest absolute Gasteiger partial charge is 0.335 e. The minimum absolute atomic E-state index is 0.201. The first-order valence-corrected chi connectivity index (χ1v) is 8.53. The molecule has 0 saturated heterocycles. The minimum Gasteiger partial charge on any atom is -0.478 e. The lowest BCUT2D eigenvalue weighted by atomic mass is 10.2. The van der Waals surface area contributed by atoms with Crippen molar-refractivity contribution in [1.29, 1.82) is 0 Å². The number of aromatic nitrogens is 3. The van der Waals surface area contributed by atoms with Crippen LogP contribution >= 0.6 is 11.6 Å². The number of hydrogen-bond donors (Lipinski definition) is 1. The summed E-state index contributed by atoms with van der Waals surface area (Å²) < 4.78 is 1.98. The number of carbonyl (C=O) groups is 1. The summed E-state index contributed by atoms with van der Waals surface area (Å²) in [5.74, 6) is -0.975. The molecule has 0 amide bonds. The Morgan fingerprint density at radius 2 is 1.96 bits per heavy atom. The number of halogens is 1. The molecule has 0 saturated carbocycles. The molecule has 6 nitrogen and oxygen atoms in total. The van der Waals surface area contributed by atoms with Crippen LogP contribution in [0.2, 0.25) is 5.02 Å². The number of carboxylic acid groups (broad SMARTS) is 1. The fourth-order valence-corrected chi connectivity index (χ4v) is 2.71. The molecule has 2 aromatic heterocycles. The molecule has 0 unspecified atom stereocenters. The molecule has 1 N–H and O–H groups in total. The molecule has 134 valence electrons. The first-order chi connectivity index (χ1) is 12.5. The molecule has 0 bridgehead atoms. The van der Waals surface area contributed by atoms with E-state index in [4.69, 9.17) is 16.7 Å². The Labute approximate surface area is 156 Å². The third-order valence-corrected chi connectivity index (χ3v) is 4.26. The molecule has 2 heterocycles. The van der Waals surface area contributed by atoms with E-state index < -0.39 is 5.97 Å². The summed E-state index contributed by atoms with van der Waals surface area (Å²) >= 11 is 5.91. The molecule has 1 aromatic carbocycles. The summed E-state index contributed by atoms with van der Waals surface area (Å²) in [6.07, 6.45) is 5.10. The average Bonchev–Trinajstić information content (AvgIpc) is 3.11. The van der Waals surface area contributed by atoms with Crippen LogP contribution in [0.3, 0.4) is 0 Å². The molecule has 0 aliphatic heterocycles. The Balaban J connectivity index is 1.59. The lowest BCUT2D eigenvalue weighted by Crippen LogP contribution is -2.22. The molecule has 0 aliphatic carbocycles. The SMILES string of the molecule is CN(CCn1cnc(-c2cc(C(=O)O)ccn2)c1)Cc1ccc(Cl)cc1. The number of aromatic carboxylic acids is 1. The summed E-state index contributed by atoms with van der Waals surface area (Å²) in [7, 11) is 2.06. The second-order valence-electron chi connectivity index (χ2n) is 6.10. The summed E-state index contributed by atoms with van der Waals surface area (Å²) in [5.41, 5.74) is 2.62. The van der Waals surface area contributed by atoms with Gasteiger partial charge in [-0.1, -0.05) is 23.7 Å². The fraction of sp³-hybridized carbons (Fsp3) is 0.211. The molecule has 0 radical (unpaired) electrons. The quantitative estimate of drug-likeness (QED) is 0.690. The highest BCUT2D eigenvalue weighted by Crippen LogP contribution is 2.16. The van der Waals surface area contributed by atoms with Crippen molar-refractivity contribution in [3.8, 4) is 11.4 Å². The normalized spacial score (nSPS) is 11.0. The van der Waals surface area contributed by atoms with Gasteiger partial charge in [-0.2, -0.15) is 0 Å². The molecule has 3 aromatic rings. The molecule has 7 heteroatoms. The second-order valence-corrected chi connectivity index (χ2v) is 6.53. The lowest BCUT2D eigenvalue weighted by molar-refractivity contribution is 0.0697. The third-order valence-electron chi connectivity index (χ3n) is 4.01. The van der Waals surface area contributed by atoms with Gasteiger partial charge < -0.3 is 14.6 Å². The molecular weight excluding hydrogens is 352 g/mol. The van der Waals surface area contributed by atoms with Crippen molar-refractivity contribution in [2.24, 2.45) is 0 Å². The second kappa shape index (κ2) is 8.12. The van der Waals surface area contributed by atoms with Gasteiger partial charge in [-0.15, -0.1) is 0 Å². The largest absolute Gasteiger partial charge is 0.478 e. The first kappa shape index (κ1) is 18.1. The zero-order chi connectivity index (χ0) is 18.5. The molecule has 0 spiro atoms. The van der Waals surface area contributed by atoms with Gasteiger partial charge in [0.05, 0.1) is 17.6 Å². The number of nitrogens with zero attached hydrogens (tertiary/aromatic N) is 4. The number of hydrogen-bond acceptors (Lipinski definition) is 4. The van der Waals surface area contributed by atoms with Crippen molar-refractivity contribution in [3.05, 3.63) is 71.3 Å². The van der Waals surface area contributed by atoms with Gasteiger partial charge in [0, 0.05) is 37.1 Å². The van der Waals surface area contributed by atoms with Gasteiger partial charge in [0.15, 0.2) is 0 Å². The highest BCUT2D eigenvalue weighted by Gasteiger charge is 2.09. The molecule has 0 aliphatic rings. The fourth-order valence-electron chi connectivity index (χ4n) is 2.59. The van der Waals surface area contributed by atoms with Crippen LogP contribution < -0.4 is 0 Å². The van der Waals surface area contributed by atoms with E-state index in [1.165, 1.54) is 23.9 Å². The maximum atomic E-state index is 11.1. The van der Waals surface area contributed by atoms with E-state index in [-0.39, 0.29) is 5.56 Å². The zero-order valence-corrected chi connectivity index (χ0v) is 15.1. The topological polar surface area (TPSA) is 71.2 Å². The number of carboxylic acids is 1. The number of pyridine rings is 1. The van der Waals surface area contributed by atoms with Crippen LogP contribution in [-0.2, 0) is 13.1 Å². The number of benzene rings is 1. The predicted octanol–water partition coefficient (Wildman–Crippen LogP) is 3.43. The minimum atomic E-state index is -0.975. The monoisotopic (exact) mass is 370 g/mol. The van der Waals surface area contributed by atoms with Crippen molar-refractivity contribution >= 4 is 17.6 Å². The molecule has 0 atom stereocenters. The van der Waals surface area contributed by atoms with Crippen LogP contribution in [0.15, 0.2) is 55.1 Å². The highest BCUT2D eigenvalue weighted by molar-refractivity contribution is 6.30.